The number of rotatable bonds is 5. The van der Waals surface area contributed by atoms with Crippen molar-refractivity contribution in [1.29, 1.82) is 0 Å². The van der Waals surface area contributed by atoms with Crippen LogP contribution < -0.4 is 9.46 Å². The molecule has 2 rings (SSSR count). The molecule has 1 amide bonds. The van der Waals surface area contributed by atoms with Gasteiger partial charge in [-0.3, -0.25) is 4.79 Å². The molecule has 0 heterocycles. The van der Waals surface area contributed by atoms with Crippen molar-refractivity contribution in [3.8, 4) is 5.75 Å². The van der Waals surface area contributed by atoms with Gasteiger partial charge >= 0.3 is 0 Å². The highest BCUT2D eigenvalue weighted by Gasteiger charge is 2.11. The molecule has 116 valence electrons. The van der Waals surface area contributed by atoms with Gasteiger partial charge in [0, 0.05) is 16.1 Å². The summed E-state index contributed by atoms with van der Waals surface area (Å²) in [6.45, 7) is 0.300. The summed E-state index contributed by atoms with van der Waals surface area (Å²) >= 11 is 6.03. The summed E-state index contributed by atoms with van der Waals surface area (Å²) in [5, 5.41) is 0.617. The van der Waals surface area contributed by atoms with E-state index in [1.165, 1.54) is 12.1 Å². The van der Waals surface area contributed by atoms with E-state index in [-0.39, 0.29) is 5.56 Å². The lowest BCUT2D eigenvalue weighted by Crippen LogP contribution is -2.29. The number of sulfonamides is 1. The van der Waals surface area contributed by atoms with Crippen molar-refractivity contribution >= 4 is 27.5 Å². The number of amides is 1. The Labute approximate surface area is 133 Å². The van der Waals surface area contributed by atoms with Gasteiger partial charge in [-0.05, 0) is 30.3 Å². The minimum atomic E-state index is -3.58. The van der Waals surface area contributed by atoms with Gasteiger partial charge in [0.1, 0.15) is 12.4 Å². The summed E-state index contributed by atoms with van der Waals surface area (Å²) in [6.07, 6.45) is 0.923. The Kier molecular flexibility index (Phi) is 5.05. The first-order valence-corrected chi connectivity index (χ1v) is 8.60. The lowest BCUT2D eigenvalue weighted by molar-refractivity contribution is 0.0981. The predicted molar refractivity (Wildman–Crippen MR) is 84.5 cm³/mol. The zero-order valence-electron chi connectivity index (χ0n) is 11.7. The van der Waals surface area contributed by atoms with Crippen LogP contribution in [0.1, 0.15) is 15.9 Å². The Morgan fingerprint density at radius 1 is 1.14 bits per heavy atom. The lowest BCUT2D eigenvalue weighted by Gasteiger charge is -2.08. The fraction of sp³-hybridized carbons (Fsp3) is 0.133. The van der Waals surface area contributed by atoms with Crippen LogP contribution in [-0.4, -0.2) is 20.6 Å². The van der Waals surface area contributed by atoms with E-state index in [0.717, 1.165) is 11.8 Å². The molecule has 0 aromatic heterocycles. The first-order valence-electron chi connectivity index (χ1n) is 6.33. The van der Waals surface area contributed by atoms with Crippen molar-refractivity contribution in [3.05, 3.63) is 64.7 Å². The molecule has 0 atom stereocenters. The van der Waals surface area contributed by atoms with E-state index in [2.05, 4.69) is 0 Å². The van der Waals surface area contributed by atoms with Crippen LogP contribution in [0, 0.1) is 0 Å². The third-order valence-electron chi connectivity index (χ3n) is 2.75. The second-order valence-electron chi connectivity index (χ2n) is 4.61. The highest BCUT2D eigenvalue weighted by atomic mass is 35.5. The van der Waals surface area contributed by atoms with E-state index in [0.29, 0.717) is 17.4 Å². The van der Waals surface area contributed by atoms with Gasteiger partial charge in [-0.1, -0.05) is 29.8 Å². The summed E-state index contributed by atoms with van der Waals surface area (Å²) in [4.78, 5) is 11.6. The Balaban J connectivity index is 2.00. The zero-order chi connectivity index (χ0) is 16.2. The smallest absolute Gasteiger partial charge is 0.264 e. The van der Waals surface area contributed by atoms with Gasteiger partial charge in [0.15, 0.2) is 0 Å². The predicted octanol–water partition coefficient (Wildman–Crippen LogP) is 2.61. The number of hydrogen-bond donors (Lipinski definition) is 1. The molecule has 0 saturated carbocycles. The summed E-state index contributed by atoms with van der Waals surface area (Å²) in [5.74, 6) is -0.129. The topological polar surface area (TPSA) is 72.5 Å². The molecule has 0 saturated heterocycles. The molecule has 7 heteroatoms. The van der Waals surface area contributed by atoms with Crippen molar-refractivity contribution < 1.29 is 17.9 Å². The number of hydrogen-bond acceptors (Lipinski definition) is 4. The summed E-state index contributed by atoms with van der Waals surface area (Å²) in [6, 6.07) is 13.5. The van der Waals surface area contributed by atoms with Gasteiger partial charge in [-0.15, -0.1) is 0 Å². The quantitative estimate of drug-likeness (QED) is 0.908. The van der Waals surface area contributed by atoms with Crippen LogP contribution in [0.25, 0.3) is 0 Å². The van der Waals surface area contributed by atoms with Gasteiger partial charge in [0.2, 0.25) is 10.0 Å². The number of carbonyl (C=O) groups excluding carboxylic acids is 1. The maximum atomic E-state index is 11.6. The first-order chi connectivity index (χ1) is 10.3. The molecule has 0 aliphatic rings. The minimum Gasteiger partial charge on any atom is -0.489 e. The van der Waals surface area contributed by atoms with E-state index < -0.39 is 15.9 Å². The van der Waals surface area contributed by atoms with E-state index >= 15 is 0 Å². The Morgan fingerprint density at radius 3 is 2.36 bits per heavy atom. The van der Waals surface area contributed by atoms with E-state index in [9.17, 15) is 13.2 Å². The molecular formula is C15H14ClNO4S. The second kappa shape index (κ2) is 6.81. The Hall–Kier alpha value is -2.05. The number of nitrogens with one attached hydrogen (secondary N) is 1. The van der Waals surface area contributed by atoms with Crippen LogP contribution in [0.5, 0.6) is 5.75 Å². The SMILES string of the molecule is CS(=O)(=O)NC(=O)c1ccc(OCc2ccccc2Cl)cc1. The fourth-order valence-electron chi connectivity index (χ4n) is 1.71. The highest BCUT2D eigenvalue weighted by molar-refractivity contribution is 7.89. The van der Waals surface area contributed by atoms with Crippen molar-refractivity contribution in [1.82, 2.24) is 4.72 Å². The number of carbonyl (C=O) groups is 1. The normalized spacial score (nSPS) is 11.0. The maximum Gasteiger partial charge on any atom is 0.264 e. The standard InChI is InChI=1S/C15H14ClNO4S/c1-22(19,20)17-15(18)11-6-8-13(9-7-11)21-10-12-4-2-3-5-14(12)16/h2-9H,10H2,1H3,(H,17,18). The molecular weight excluding hydrogens is 326 g/mol. The number of ether oxygens (including phenoxy) is 1. The van der Waals surface area contributed by atoms with Gasteiger partial charge in [0.25, 0.3) is 5.91 Å². The lowest BCUT2D eigenvalue weighted by atomic mass is 10.2. The molecule has 22 heavy (non-hydrogen) atoms. The minimum absolute atomic E-state index is 0.232. The average Bonchev–Trinajstić information content (AvgIpc) is 2.45. The van der Waals surface area contributed by atoms with E-state index in [4.69, 9.17) is 16.3 Å². The van der Waals surface area contributed by atoms with Gasteiger partial charge in [-0.25, -0.2) is 13.1 Å². The van der Waals surface area contributed by atoms with E-state index in [1.807, 2.05) is 22.9 Å². The largest absolute Gasteiger partial charge is 0.489 e. The molecule has 5 nitrogen and oxygen atoms in total. The molecule has 2 aromatic rings. The van der Waals surface area contributed by atoms with Crippen molar-refractivity contribution in [2.75, 3.05) is 6.26 Å². The number of halogens is 1. The monoisotopic (exact) mass is 339 g/mol. The first kappa shape index (κ1) is 16.3. The summed E-state index contributed by atoms with van der Waals surface area (Å²) in [7, 11) is -3.58. The van der Waals surface area contributed by atoms with Crippen LogP contribution in [-0.2, 0) is 16.6 Å². The summed E-state index contributed by atoms with van der Waals surface area (Å²) < 4.78 is 29.5. The highest BCUT2D eigenvalue weighted by Crippen LogP contribution is 2.19. The average molecular weight is 340 g/mol. The third-order valence-corrected chi connectivity index (χ3v) is 3.67. The van der Waals surface area contributed by atoms with Gasteiger partial charge in [-0.2, -0.15) is 0 Å². The number of benzene rings is 2. The van der Waals surface area contributed by atoms with Crippen LogP contribution >= 0.6 is 11.6 Å². The molecule has 0 radical (unpaired) electrons. The van der Waals surface area contributed by atoms with Crippen molar-refractivity contribution in [2.24, 2.45) is 0 Å². The van der Waals surface area contributed by atoms with Crippen molar-refractivity contribution in [3.63, 3.8) is 0 Å². The Morgan fingerprint density at radius 2 is 1.77 bits per heavy atom. The van der Waals surface area contributed by atoms with Crippen LogP contribution in [0.4, 0.5) is 0 Å². The molecule has 0 aliphatic carbocycles. The third kappa shape index (κ3) is 4.75. The van der Waals surface area contributed by atoms with E-state index in [1.54, 1.807) is 18.2 Å². The molecule has 1 N–H and O–H groups in total. The van der Waals surface area contributed by atoms with Crippen LogP contribution in [0.15, 0.2) is 48.5 Å². The zero-order valence-corrected chi connectivity index (χ0v) is 13.3. The molecule has 2 aromatic carbocycles. The van der Waals surface area contributed by atoms with Gasteiger partial charge < -0.3 is 4.74 Å². The van der Waals surface area contributed by atoms with Crippen LogP contribution in [0.3, 0.4) is 0 Å². The molecule has 0 aliphatic heterocycles. The van der Waals surface area contributed by atoms with Crippen molar-refractivity contribution in [2.45, 2.75) is 6.61 Å². The van der Waals surface area contributed by atoms with Gasteiger partial charge in [0.05, 0.1) is 6.26 Å². The summed E-state index contributed by atoms with van der Waals surface area (Å²) in [5.41, 5.74) is 1.08. The maximum absolute atomic E-state index is 11.6. The molecule has 0 unspecified atom stereocenters. The fourth-order valence-corrected chi connectivity index (χ4v) is 2.35. The molecule has 0 bridgehead atoms. The molecule has 0 fully saturated rings. The Bertz CT molecular complexity index is 772. The second-order valence-corrected chi connectivity index (χ2v) is 6.76. The molecule has 0 spiro atoms. The van der Waals surface area contributed by atoms with Crippen LogP contribution in [0.2, 0.25) is 5.02 Å².